The van der Waals surface area contributed by atoms with Crippen LogP contribution in [0.5, 0.6) is 0 Å². The summed E-state index contributed by atoms with van der Waals surface area (Å²) in [5.41, 5.74) is 0. The second-order valence-corrected chi connectivity index (χ2v) is 1.53. The van der Waals surface area contributed by atoms with Crippen LogP contribution in [0.2, 0.25) is 0 Å². The molecule has 21 valence electrons. The van der Waals surface area contributed by atoms with E-state index in [-0.39, 0.29) is 0 Å². The van der Waals surface area contributed by atoms with Gasteiger partial charge in [0.15, 0.2) is 0 Å². The number of carboxylic acid groups (broad SMARTS) is 1. The molecule has 0 aliphatic heterocycles. The molecule has 0 atom stereocenters. The molecule has 0 bridgehead atoms. The minimum absolute atomic E-state index is 0.553. The Morgan fingerprint density at radius 1 is 2.00 bits per heavy atom. The normalized spacial score (nSPS) is 6.25. The molecule has 0 saturated heterocycles. The fraction of sp³-hybridized carbons (Fsp3) is 0. The number of hydrogen-bond donors (Lipinski definition) is 1. The van der Waals surface area contributed by atoms with Gasteiger partial charge in [-0.3, -0.25) is 0 Å². The molecule has 0 fully saturated rings. The molecule has 0 aromatic carbocycles. The predicted octanol–water partition coefficient (Wildman–Crippen LogP) is -0.167. The van der Waals surface area contributed by atoms with Crippen molar-refractivity contribution in [1.29, 1.82) is 0 Å². The third kappa shape index (κ3) is 50.6. The van der Waals surface area contributed by atoms with Gasteiger partial charge in [0.2, 0.25) is 0 Å². The molecule has 0 saturated carbocycles. The van der Waals surface area contributed by atoms with E-state index >= 15 is 0 Å². The van der Waals surface area contributed by atoms with Crippen molar-refractivity contribution in [3.05, 3.63) is 0 Å². The first-order valence-corrected chi connectivity index (χ1v) is 2.10. The zero-order valence-electron chi connectivity index (χ0n) is 1.86. The van der Waals surface area contributed by atoms with Crippen molar-refractivity contribution in [3.8, 4) is 0 Å². The van der Waals surface area contributed by atoms with Crippen molar-refractivity contribution >= 4 is 26.5 Å². The van der Waals surface area contributed by atoms with Crippen LogP contribution in [-0.4, -0.2) is 31.6 Å². The van der Waals surface area contributed by atoms with Crippen LogP contribution in [0.25, 0.3) is 0 Å². The van der Waals surface area contributed by atoms with Crippen LogP contribution < -0.4 is 0 Å². The van der Waals surface area contributed by atoms with Gasteiger partial charge in [-0.25, -0.2) is 0 Å². The molecule has 1 N–H and O–H groups in total. The monoisotopic (exact) mass is 165 g/mol. The topological polar surface area (TPSA) is 37.3 Å². The van der Waals surface area contributed by atoms with E-state index in [4.69, 9.17) is 9.90 Å². The summed E-state index contributed by atoms with van der Waals surface area (Å²) in [4.78, 5) is 9.04. The Hall–Kier alpha value is 0.269. The maximum atomic E-state index is 9.04. The summed E-state index contributed by atoms with van der Waals surface area (Å²) in [5.74, 6) is 0. The van der Waals surface area contributed by atoms with Crippen LogP contribution in [0, 0.1) is 0 Å². The van der Waals surface area contributed by atoms with E-state index in [0.717, 1.165) is 0 Å². The SMILES string of the molecule is O=[C](O)[Sn]. The predicted molar refractivity (Wildman–Crippen MR) is 13.8 cm³/mol. The summed E-state index contributed by atoms with van der Waals surface area (Å²) < 4.78 is -0.743. The molecule has 0 unspecified atom stereocenters. The van der Waals surface area contributed by atoms with Crippen molar-refractivity contribution in [2.75, 3.05) is 0 Å². The van der Waals surface area contributed by atoms with Gasteiger partial charge in [-0.15, -0.1) is 0 Å². The minimum atomic E-state index is -0.743. The fourth-order valence-corrected chi connectivity index (χ4v) is 0. The maximum absolute atomic E-state index is 9.04. The molecular formula is CHO2Sn. The quantitative estimate of drug-likeness (QED) is 0.504. The Balaban J connectivity index is 2.80. The molecule has 4 heavy (non-hydrogen) atoms. The van der Waals surface area contributed by atoms with Crippen LogP contribution in [0.4, 0.5) is 4.79 Å². The molecule has 0 aliphatic carbocycles. The average molecular weight is 164 g/mol. The summed E-state index contributed by atoms with van der Waals surface area (Å²) in [6.07, 6.45) is 0. The fourth-order valence-electron chi connectivity index (χ4n) is 0. The Labute approximate surface area is 36.9 Å². The van der Waals surface area contributed by atoms with E-state index < -0.39 is 3.99 Å². The molecule has 0 aromatic heterocycles. The Morgan fingerprint density at radius 3 is 2.00 bits per heavy atom. The Morgan fingerprint density at radius 2 is 2.00 bits per heavy atom. The summed E-state index contributed by atoms with van der Waals surface area (Å²) in [6.45, 7) is 0. The Kier molecular flexibility index (Phi) is 1.68. The number of carbonyl (C=O) groups is 1. The molecule has 3 radical (unpaired) electrons. The summed E-state index contributed by atoms with van der Waals surface area (Å²) in [6, 6.07) is 0. The van der Waals surface area contributed by atoms with Gasteiger partial charge >= 0.3 is 36.4 Å². The van der Waals surface area contributed by atoms with Gasteiger partial charge < -0.3 is 0 Å². The zero-order valence-corrected chi connectivity index (χ0v) is 4.71. The van der Waals surface area contributed by atoms with E-state index in [1.807, 2.05) is 0 Å². The van der Waals surface area contributed by atoms with E-state index in [2.05, 4.69) is 0 Å². The standard InChI is InChI=1S/CHO2.Sn/c2-1-3;/h(H,2,3);. The van der Waals surface area contributed by atoms with Gasteiger partial charge in [0.05, 0.1) is 0 Å². The van der Waals surface area contributed by atoms with Gasteiger partial charge in [-0.05, 0) is 0 Å². The van der Waals surface area contributed by atoms with Gasteiger partial charge in [0.1, 0.15) is 0 Å². The van der Waals surface area contributed by atoms with Crippen molar-refractivity contribution in [2.45, 2.75) is 0 Å². The van der Waals surface area contributed by atoms with E-state index in [0.29, 0.717) is 22.5 Å². The van der Waals surface area contributed by atoms with Crippen LogP contribution >= 0.6 is 0 Å². The number of rotatable bonds is 0. The first-order valence-electron chi connectivity index (χ1n) is 0.678. The van der Waals surface area contributed by atoms with Crippen molar-refractivity contribution in [3.63, 3.8) is 0 Å². The van der Waals surface area contributed by atoms with Crippen molar-refractivity contribution in [2.24, 2.45) is 0 Å². The molecule has 0 heterocycles. The van der Waals surface area contributed by atoms with Gasteiger partial charge in [0.25, 0.3) is 0 Å². The van der Waals surface area contributed by atoms with Crippen LogP contribution in [0.1, 0.15) is 0 Å². The third-order valence-electron chi connectivity index (χ3n) is 0. The second kappa shape index (κ2) is 1.57. The molecule has 2 nitrogen and oxygen atoms in total. The van der Waals surface area contributed by atoms with E-state index in [9.17, 15) is 0 Å². The molecular weight excluding hydrogens is 163 g/mol. The molecule has 0 aliphatic rings. The average Bonchev–Trinajstić information content (AvgIpc) is 0.811. The molecule has 0 amide bonds. The van der Waals surface area contributed by atoms with Crippen molar-refractivity contribution in [1.82, 2.24) is 0 Å². The number of hydrogen-bond acceptors (Lipinski definition) is 1. The summed E-state index contributed by atoms with van der Waals surface area (Å²) >= 11 is 0.553. The third-order valence-corrected chi connectivity index (χ3v) is 0. The van der Waals surface area contributed by atoms with Crippen LogP contribution in [-0.2, 0) is 0 Å². The second-order valence-electron chi connectivity index (χ2n) is 0.305. The molecule has 0 aromatic rings. The summed E-state index contributed by atoms with van der Waals surface area (Å²) in [7, 11) is 0. The van der Waals surface area contributed by atoms with Crippen LogP contribution in [0.3, 0.4) is 0 Å². The first kappa shape index (κ1) is 4.27. The molecule has 0 spiro atoms. The first-order chi connectivity index (χ1) is 1.73. The van der Waals surface area contributed by atoms with Gasteiger partial charge in [-0.1, -0.05) is 0 Å². The summed E-state index contributed by atoms with van der Waals surface area (Å²) in [5, 5.41) is 7.46. The van der Waals surface area contributed by atoms with Crippen molar-refractivity contribution < 1.29 is 9.90 Å². The Bertz CT molecular complexity index is 29.0. The molecule has 0 rings (SSSR count). The van der Waals surface area contributed by atoms with Gasteiger partial charge in [-0.2, -0.15) is 0 Å². The van der Waals surface area contributed by atoms with Gasteiger partial charge in [0, 0.05) is 0 Å². The zero-order chi connectivity index (χ0) is 3.58. The molecule has 3 heteroatoms. The van der Waals surface area contributed by atoms with E-state index in [1.54, 1.807) is 0 Å². The van der Waals surface area contributed by atoms with Crippen LogP contribution in [0.15, 0.2) is 0 Å². The van der Waals surface area contributed by atoms with E-state index in [1.165, 1.54) is 0 Å².